The first kappa shape index (κ1) is 23.5. The predicted molar refractivity (Wildman–Crippen MR) is 130 cm³/mol. The second-order valence-corrected chi connectivity index (χ2v) is 9.25. The summed E-state index contributed by atoms with van der Waals surface area (Å²) < 4.78 is 0. The Hall–Kier alpha value is -3.66. The summed E-state index contributed by atoms with van der Waals surface area (Å²) >= 11 is 1.34. The van der Waals surface area contributed by atoms with E-state index in [0.717, 1.165) is 25.9 Å². The molecule has 176 valence electrons. The number of rotatable bonds is 7. The van der Waals surface area contributed by atoms with Gasteiger partial charge in [0.1, 0.15) is 11.3 Å². The van der Waals surface area contributed by atoms with Gasteiger partial charge in [-0.25, -0.2) is 0 Å². The first-order chi connectivity index (χ1) is 16.4. The molecule has 0 spiro atoms. The van der Waals surface area contributed by atoms with Gasteiger partial charge in [-0.2, -0.15) is 4.99 Å². The number of primary amides is 1. The lowest BCUT2D eigenvalue weighted by molar-refractivity contribution is -0.121. The fourth-order valence-electron chi connectivity index (χ4n) is 3.82. The lowest BCUT2D eigenvalue weighted by Gasteiger charge is -2.16. The molecular formula is C24H25N5O4S. The number of benzene rings is 2. The van der Waals surface area contributed by atoms with Crippen LogP contribution in [0.1, 0.15) is 41.2 Å². The Labute approximate surface area is 201 Å². The van der Waals surface area contributed by atoms with E-state index in [4.69, 9.17) is 5.73 Å². The summed E-state index contributed by atoms with van der Waals surface area (Å²) in [4.78, 5) is 55.3. The van der Waals surface area contributed by atoms with Gasteiger partial charge < -0.3 is 21.3 Å². The number of aliphatic imine (C=N–C) groups is 1. The van der Waals surface area contributed by atoms with Crippen molar-refractivity contribution in [2.75, 3.05) is 18.4 Å². The molecule has 4 amide bonds. The Morgan fingerprint density at radius 2 is 1.74 bits per heavy atom. The highest BCUT2D eigenvalue weighted by Gasteiger charge is 2.33. The largest absolute Gasteiger partial charge is 0.368 e. The quantitative estimate of drug-likeness (QED) is 0.557. The van der Waals surface area contributed by atoms with E-state index in [-0.39, 0.29) is 18.2 Å². The van der Waals surface area contributed by atoms with E-state index in [9.17, 15) is 19.2 Å². The van der Waals surface area contributed by atoms with Gasteiger partial charge in [0.25, 0.3) is 11.8 Å². The molecule has 0 bridgehead atoms. The fourth-order valence-corrected chi connectivity index (χ4v) is 4.93. The van der Waals surface area contributed by atoms with Crippen LogP contribution in [-0.4, -0.2) is 52.0 Å². The molecule has 0 saturated carbocycles. The minimum Gasteiger partial charge on any atom is -0.368 e. The van der Waals surface area contributed by atoms with E-state index in [2.05, 4.69) is 20.5 Å². The normalized spacial score (nSPS) is 18.4. The number of carbonyl (C=O) groups is 4. The van der Waals surface area contributed by atoms with E-state index in [1.165, 1.54) is 23.9 Å². The molecule has 4 rings (SSSR count). The van der Waals surface area contributed by atoms with Crippen molar-refractivity contribution in [2.45, 2.75) is 30.6 Å². The first-order valence-electron chi connectivity index (χ1n) is 11.0. The molecule has 0 radical (unpaired) electrons. The van der Waals surface area contributed by atoms with Crippen molar-refractivity contribution < 1.29 is 19.2 Å². The highest BCUT2D eigenvalue weighted by molar-refractivity contribution is 8.15. The first-order valence-corrected chi connectivity index (χ1v) is 11.9. The Morgan fingerprint density at radius 1 is 1.06 bits per heavy atom. The topological polar surface area (TPSA) is 134 Å². The maximum Gasteiger partial charge on any atom is 0.262 e. The van der Waals surface area contributed by atoms with Gasteiger partial charge in [-0.15, -0.1) is 0 Å². The Balaban J connectivity index is 1.31. The van der Waals surface area contributed by atoms with E-state index < -0.39 is 23.1 Å². The standard InChI is InChI=1S/C24H25N5O4S/c25-21(31)20(15-6-2-1-3-7-15)27-22(32)16-8-10-17(11-9-16)26-19(30)14-18-23(33)28-24(34-18)29-12-4-5-13-29/h1-3,6-11,18,20H,4-5,12-14H2,(H2,25,31)(H,26,30)(H,27,32). The molecule has 0 aromatic heterocycles. The molecule has 2 atom stereocenters. The highest BCUT2D eigenvalue weighted by Crippen LogP contribution is 2.29. The molecule has 0 aliphatic carbocycles. The molecule has 2 unspecified atom stereocenters. The number of carbonyl (C=O) groups excluding carboxylic acids is 4. The van der Waals surface area contributed by atoms with Crippen LogP contribution in [0.15, 0.2) is 59.6 Å². The minimum atomic E-state index is -0.956. The SMILES string of the molecule is NC(=O)C(NC(=O)c1ccc(NC(=O)CC2SC(N3CCCC3)=NC2=O)cc1)c1ccccc1. The number of amidine groups is 1. The number of thioether (sulfide) groups is 1. The molecule has 1 fully saturated rings. The van der Waals surface area contributed by atoms with E-state index in [1.54, 1.807) is 42.5 Å². The number of amides is 4. The average Bonchev–Trinajstić information content (AvgIpc) is 3.48. The molecule has 34 heavy (non-hydrogen) atoms. The molecule has 10 heteroatoms. The zero-order valence-corrected chi connectivity index (χ0v) is 19.2. The zero-order valence-electron chi connectivity index (χ0n) is 18.4. The monoisotopic (exact) mass is 479 g/mol. The van der Waals surface area contributed by atoms with Crippen LogP contribution in [0.4, 0.5) is 5.69 Å². The maximum atomic E-state index is 12.6. The summed E-state index contributed by atoms with van der Waals surface area (Å²) in [5, 5.41) is 5.57. The van der Waals surface area contributed by atoms with Crippen LogP contribution in [-0.2, 0) is 14.4 Å². The van der Waals surface area contributed by atoms with Crippen LogP contribution in [0.2, 0.25) is 0 Å². The predicted octanol–water partition coefficient (Wildman–Crippen LogP) is 2.07. The highest BCUT2D eigenvalue weighted by atomic mass is 32.2. The number of hydrogen-bond acceptors (Lipinski definition) is 6. The molecular weight excluding hydrogens is 454 g/mol. The van der Waals surface area contributed by atoms with Crippen molar-refractivity contribution in [3.05, 3.63) is 65.7 Å². The van der Waals surface area contributed by atoms with Crippen molar-refractivity contribution in [3.63, 3.8) is 0 Å². The molecule has 2 aromatic rings. The summed E-state index contributed by atoms with van der Waals surface area (Å²) in [6, 6.07) is 14.0. The van der Waals surface area contributed by atoms with Gasteiger partial charge in [-0.05, 0) is 42.7 Å². The number of hydrogen-bond donors (Lipinski definition) is 3. The van der Waals surface area contributed by atoms with Crippen molar-refractivity contribution in [3.8, 4) is 0 Å². The van der Waals surface area contributed by atoms with Crippen LogP contribution in [0.3, 0.4) is 0 Å². The molecule has 2 aliphatic rings. The summed E-state index contributed by atoms with van der Waals surface area (Å²) in [5.41, 5.74) is 6.85. The zero-order chi connectivity index (χ0) is 24.1. The smallest absolute Gasteiger partial charge is 0.262 e. The van der Waals surface area contributed by atoms with Crippen molar-refractivity contribution in [1.29, 1.82) is 0 Å². The average molecular weight is 480 g/mol. The number of likely N-dealkylation sites (tertiary alicyclic amines) is 1. The lowest BCUT2D eigenvalue weighted by atomic mass is 10.1. The molecule has 9 nitrogen and oxygen atoms in total. The van der Waals surface area contributed by atoms with Crippen LogP contribution in [0.5, 0.6) is 0 Å². The summed E-state index contributed by atoms with van der Waals surface area (Å²) in [7, 11) is 0. The molecule has 4 N–H and O–H groups in total. The Kier molecular flexibility index (Phi) is 7.27. The van der Waals surface area contributed by atoms with Gasteiger partial charge in [0, 0.05) is 30.8 Å². The maximum absolute atomic E-state index is 12.6. The van der Waals surface area contributed by atoms with E-state index in [1.807, 2.05) is 0 Å². The van der Waals surface area contributed by atoms with Crippen molar-refractivity contribution >= 4 is 46.2 Å². The number of nitrogens with one attached hydrogen (secondary N) is 2. The lowest BCUT2D eigenvalue weighted by Crippen LogP contribution is -2.37. The fraction of sp³-hybridized carbons (Fsp3) is 0.292. The second-order valence-electron chi connectivity index (χ2n) is 8.08. The van der Waals surface area contributed by atoms with Gasteiger partial charge in [0.05, 0.1) is 0 Å². The third-order valence-electron chi connectivity index (χ3n) is 5.60. The van der Waals surface area contributed by atoms with Gasteiger partial charge in [0.15, 0.2) is 5.17 Å². The summed E-state index contributed by atoms with van der Waals surface area (Å²) in [6.07, 6.45) is 2.19. The van der Waals surface area contributed by atoms with Gasteiger partial charge in [-0.3, -0.25) is 19.2 Å². The molecule has 2 aromatic carbocycles. The van der Waals surface area contributed by atoms with Crippen LogP contribution in [0.25, 0.3) is 0 Å². The van der Waals surface area contributed by atoms with Gasteiger partial charge in [0.2, 0.25) is 11.8 Å². The summed E-state index contributed by atoms with van der Waals surface area (Å²) in [6.45, 7) is 1.78. The van der Waals surface area contributed by atoms with Crippen LogP contribution < -0.4 is 16.4 Å². The number of nitrogens with zero attached hydrogens (tertiary/aromatic N) is 2. The van der Waals surface area contributed by atoms with Crippen LogP contribution in [0, 0.1) is 0 Å². The second kappa shape index (κ2) is 10.5. The summed E-state index contributed by atoms with van der Waals surface area (Å²) in [5.74, 6) is -1.72. The van der Waals surface area contributed by atoms with Gasteiger partial charge >= 0.3 is 0 Å². The Bertz CT molecular complexity index is 1110. The van der Waals surface area contributed by atoms with Gasteiger partial charge in [-0.1, -0.05) is 42.1 Å². The third kappa shape index (κ3) is 5.63. The third-order valence-corrected chi connectivity index (χ3v) is 6.81. The molecule has 2 heterocycles. The molecule has 2 aliphatic heterocycles. The van der Waals surface area contributed by atoms with Crippen LogP contribution >= 0.6 is 11.8 Å². The Morgan fingerprint density at radius 3 is 2.38 bits per heavy atom. The van der Waals surface area contributed by atoms with E-state index in [0.29, 0.717) is 22.0 Å². The van der Waals surface area contributed by atoms with Crippen molar-refractivity contribution in [2.24, 2.45) is 10.7 Å². The minimum absolute atomic E-state index is 0.0178. The van der Waals surface area contributed by atoms with Crippen molar-refractivity contribution in [1.82, 2.24) is 10.2 Å². The number of anilines is 1. The van der Waals surface area contributed by atoms with E-state index >= 15 is 0 Å². The number of nitrogens with two attached hydrogens (primary N) is 1. The molecule has 1 saturated heterocycles.